The predicted octanol–water partition coefficient (Wildman–Crippen LogP) is 2.47. The first-order chi connectivity index (χ1) is 11.1. The number of aryl methyl sites for hydroxylation is 1. The zero-order chi connectivity index (χ0) is 16.2. The highest BCUT2D eigenvalue weighted by atomic mass is 16.3. The molecule has 7 heteroatoms. The van der Waals surface area contributed by atoms with Crippen LogP contribution in [0.15, 0.2) is 47.1 Å². The molecule has 0 unspecified atom stereocenters. The molecule has 116 valence electrons. The smallest absolute Gasteiger partial charge is 0.239 e. The Balaban J connectivity index is 1.81. The summed E-state index contributed by atoms with van der Waals surface area (Å²) in [7, 11) is 0. The fourth-order valence-electron chi connectivity index (χ4n) is 2.13. The number of nitrogens with zero attached hydrogens (tertiary/aromatic N) is 3. The summed E-state index contributed by atoms with van der Waals surface area (Å²) in [6.07, 6.45) is 3.00. The molecule has 0 saturated carbocycles. The number of carbonyl (C=O) groups excluding carboxylic acids is 1. The standard InChI is InChI=1S/C16H14N4O3/c1-10-2-4-11(5-3-10)8-15-12(6-7-23-15)13(21)9-14(22)16-17-19-20-18-16/h2-7,9,22H,8H2,1H3,(H,17,18,19,20). The van der Waals surface area contributed by atoms with E-state index in [4.69, 9.17) is 4.42 Å². The average Bonchev–Trinajstić information content (AvgIpc) is 3.20. The van der Waals surface area contributed by atoms with Gasteiger partial charge in [0.15, 0.2) is 11.5 Å². The van der Waals surface area contributed by atoms with Crippen molar-refractivity contribution in [1.29, 1.82) is 0 Å². The Kier molecular flexibility index (Phi) is 4.01. The first-order valence-corrected chi connectivity index (χ1v) is 6.94. The summed E-state index contributed by atoms with van der Waals surface area (Å²) in [5.74, 6) is -0.243. The maximum Gasteiger partial charge on any atom is 0.239 e. The van der Waals surface area contributed by atoms with E-state index >= 15 is 0 Å². The lowest BCUT2D eigenvalue weighted by atomic mass is 10.0. The van der Waals surface area contributed by atoms with Crippen molar-refractivity contribution in [1.82, 2.24) is 20.6 Å². The van der Waals surface area contributed by atoms with Gasteiger partial charge in [0.2, 0.25) is 5.82 Å². The highest BCUT2D eigenvalue weighted by Crippen LogP contribution is 2.18. The highest BCUT2D eigenvalue weighted by molar-refractivity contribution is 6.08. The van der Waals surface area contributed by atoms with Gasteiger partial charge in [-0.1, -0.05) is 29.8 Å². The van der Waals surface area contributed by atoms with Crippen LogP contribution in [0.3, 0.4) is 0 Å². The molecule has 23 heavy (non-hydrogen) atoms. The summed E-state index contributed by atoms with van der Waals surface area (Å²) < 4.78 is 5.41. The minimum absolute atomic E-state index is 0.0399. The molecule has 0 fully saturated rings. The van der Waals surface area contributed by atoms with Gasteiger partial charge in [0.05, 0.1) is 11.8 Å². The summed E-state index contributed by atoms with van der Waals surface area (Å²) in [6, 6.07) is 9.55. The van der Waals surface area contributed by atoms with Crippen molar-refractivity contribution in [2.75, 3.05) is 0 Å². The van der Waals surface area contributed by atoms with Gasteiger partial charge in [-0.25, -0.2) is 0 Å². The van der Waals surface area contributed by atoms with Crippen LogP contribution in [-0.2, 0) is 6.42 Å². The van der Waals surface area contributed by atoms with Crippen LogP contribution in [0.5, 0.6) is 0 Å². The van der Waals surface area contributed by atoms with Gasteiger partial charge in [0, 0.05) is 12.5 Å². The molecule has 0 spiro atoms. The van der Waals surface area contributed by atoms with E-state index < -0.39 is 0 Å². The Labute approximate surface area is 131 Å². The monoisotopic (exact) mass is 310 g/mol. The topological polar surface area (TPSA) is 105 Å². The SMILES string of the molecule is Cc1ccc(Cc2occc2C(=O)C=C(O)c2nn[nH]n2)cc1. The molecule has 0 aliphatic rings. The normalized spacial score (nSPS) is 11.6. The van der Waals surface area contributed by atoms with Crippen molar-refractivity contribution >= 4 is 11.5 Å². The van der Waals surface area contributed by atoms with Gasteiger partial charge >= 0.3 is 0 Å². The molecular weight excluding hydrogens is 296 g/mol. The Morgan fingerprint density at radius 2 is 2.09 bits per heavy atom. The molecule has 2 aromatic heterocycles. The molecular formula is C16H14N4O3. The number of aromatic amines is 1. The predicted molar refractivity (Wildman–Crippen MR) is 81.8 cm³/mol. The molecule has 0 amide bonds. The first-order valence-electron chi connectivity index (χ1n) is 6.94. The minimum atomic E-state index is -0.386. The summed E-state index contributed by atoms with van der Waals surface area (Å²) in [4.78, 5) is 12.3. The number of tetrazole rings is 1. The number of furan rings is 1. The summed E-state index contributed by atoms with van der Waals surface area (Å²) >= 11 is 0. The fourth-order valence-corrected chi connectivity index (χ4v) is 2.13. The number of H-pyrrole nitrogens is 1. The minimum Gasteiger partial charge on any atom is -0.504 e. The van der Waals surface area contributed by atoms with Crippen LogP contribution in [0.2, 0.25) is 0 Å². The van der Waals surface area contributed by atoms with Crippen LogP contribution in [0.25, 0.3) is 5.76 Å². The zero-order valence-electron chi connectivity index (χ0n) is 12.4. The molecule has 3 aromatic rings. The molecule has 0 radical (unpaired) electrons. The number of ketones is 1. The van der Waals surface area contributed by atoms with Crippen molar-refractivity contribution in [2.24, 2.45) is 0 Å². The molecule has 0 atom stereocenters. The molecule has 3 rings (SSSR count). The molecule has 0 aliphatic carbocycles. The van der Waals surface area contributed by atoms with Crippen molar-refractivity contribution in [2.45, 2.75) is 13.3 Å². The van der Waals surface area contributed by atoms with Crippen LogP contribution in [0.1, 0.15) is 33.1 Å². The second kappa shape index (κ2) is 6.27. The number of hydrogen-bond donors (Lipinski definition) is 2. The van der Waals surface area contributed by atoms with E-state index in [1.54, 1.807) is 6.07 Å². The van der Waals surface area contributed by atoms with Crippen LogP contribution < -0.4 is 0 Å². The molecule has 0 saturated heterocycles. The second-order valence-corrected chi connectivity index (χ2v) is 5.05. The van der Waals surface area contributed by atoms with E-state index in [2.05, 4.69) is 20.6 Å². The van der Waals surface area contributed by atoms with E-state index in [-0.39, 0.29) is 17.4 Å². The van der Waals surface area contributed by atoms with Crippen molar-refractivity contribution in [3.8, 4) is 0 Å². The van der Waals surface area contributed by atoms with Crippen molar-refractivity contribution in [3.05, 3.63) is 70.9 Å². The zero-order valence-corrected chi connectivity index (χ0v) is 12.4. The van der Waals surface area contributed by atoms with Gasteiger partial charge in [-0.2, -0.15) is 5.21 Å². The number of benzene rings is 1. The van der Waals surface area contributed by atoms with E-state index in [1.807, 2.05) is 31.2 Å². The number of aromatic nitrogens is 4. The summed E-state index contributed by atoms with van der Waals surface area (Å²) in [5.41, 5.74) is 2.59. The number of aliphatic hydroxyl groups is 1. The third-order valence-corrected chi connectivity index (χ3v) is 3.34. The lowest BCUT2D eigenvalue weighted by Crippen LogP contribution is -2.00. The maximum absolute atomic E-state index is 12.3. The molecule has 7 nitrogen and oxygen atoms in total. The van der Waals surface area contributed by atoms with Gasteiger partial charge in [0.1, 0.15) is 5.76 Å². The van der Waals surface area contributed by atoms with E-state index in [9.17, 15) is 9.90 Å². The van der Waals surface area contributed by atoms with Gasteiger partial charge < -0.3 is 9.52 Å². The van der Waals surface area contributed by atoms with E-state index in [0.29, 0.717) is 17.7 Å². The highest BCUT2D eigenvalue weighted by Gasteiger charge is 2.15. The third-order valence-electron chi connectivity index (χ3n) is 3.34. The van der Waals surface area contributed by atoms with Crippen LogP contribution in [-0.4, -0.2) is 31.5 Å². The Morgan fingerprint density at radius 3 is 2.78 bits per heavy atom. The van der Waals surface area contributed by atoms with Crippen LogP contribution in [0.4, 0.5) is 0 Å². The Morgan fingerprint density at radius 1 is 1.30 bits per heavy atom. The quantitative estimate of drug-likeness (QED) is 0.426. The summed E-state index contributed by atoms with van der Waals surface area (Å²) in [5, 5.41) is 22.6. The number of rotatable bonds is 5. The van der Waals surface area contributed by atoms with Crippen LogP contribution >= 0.6 is 0 Å². The fraction of sp³-hybridized carbons (Fsp3) is 0.125. The number of carbonyl (C=O) groups is 1. The molecule has 2 N–H and O–H groups in total. The largest absolute Gasteiger partial charge is 0.504 e. The molecule has 0 aliphatic heterocycles. The van der Waals surface area contributed by atoms with E-state index in [0.717, 1.165) is 17.2 Å². The maximum atomic E-state index is 12.3. The van der Waals surface area contributed by atoms with Crippen molar-refractivity contribution in [3.63, 3.8) is 0 Å². The van der Waals surface area contributed by atoms with Gasteiger partial charge in [0.25, 0.3) is 0 Å². The Bertz CT molecular complexity index is 833. The number of hydrogen-bond acceptors (Lipinski definition) is 6. The van der Waals surface area contributed by atoms with Gasteiger partial charge in [-0.3, -0.25) is 4.79 Å². The lowest BCUT2D eigenvalue weighted by Gasteiger charge is -2.02. The van der Waals surface area contributed by atoms with Gasteiger partial charge in [-0.05, 0) is 23.8 Å². The van der Waals surface area contributed by atoms with Crippen LogP contribution in [0, 0.1) is 6.92 Å². The lowest BCUT2D eigenvalue weighted by molar-refractivity contribution is 0.104. The van der Waals surface area contributed by atoms with Crippen molar-refractivity contribution < 1.29 is 14.3 Å². The molecule has 0 bridgehead atoms. The number of allylic oxidation sites excluding steroid dienone is 1. The Hall–Kier alpha value is -3.22. The number of nitrogens with one attached hydrogen (secondary N) is 1. The van der Waals surface area contributed by atoms with Gasteiger partial charge in [-0.15, -0.1) is 10.2 Å². The first kappa shape index (κ1) is 14.7. The molecule has 1 aromatic carbocycles. The second-order valence-electron chi connectivity index (χ2n) is 5.05. The number of aliphatic hydroxyl groups excluding tert-OH is 1. The third kappa shape index (κ3) is 3.34. The summed E-state index contributed by atoms with van der Waals surface area (Å²) in [6.45, 7) is 2.01. The molecule has 2 heterocycles. The average molecular weight is 310 g/mol. The van der Waals surface area contributed by atoms with E-state index in [1.165, 1.54) is 6.26 Å².